The molecular formula is C25H46O4. The van der Waals surface area contributed by atoms with Gasteiger partial charge >= 0.3 is 11.9 Å². The predicted molar refractivity (Wildman–Crippen MR) is 119 cm³/mol. The number of esters is 2. The lowest BCUT2D eigenvalue weighted by atomic mass is 9.79. The van der Waals surface area contributed by atoms with Gasteiger partial charge in [0, 0.05) is 0 Å². The van der Waals surface area contributed by atoms with Crippen LogP contribution in [0, 0.1) is 11.8 Å². The quantitative estimate of drug-likeness (QED) is 0.191. The minimum Gasteiger partial charge on any atom is -0.465 e. The molecule has 0 heterocycles. The fourth-order valence-corrected chi connectivity index (χ4v) is 4.17. The maximum absolute atomic E-state index is 12.5. The SMILES string of the molecule is CCCCCCCCCCCCCOC(=O)C1CCCCC1C(=O)OCCCC. The van der Waals surface area contributed by atoms with Gasteiger partial charge in [0.2, 0.25) is 0 Å². The first kappa shape index (κ1) is 26.0. The third-order valence-electron chi connectivity index (χ3n) is 6.11. The highest BCUT2D eigenvalue weighted by molar-refractivity contribution is 5.82. The minimum atomic E-state index is -0.301. The van der Waals surface area contributed by atoms with Crippen molar-refractivity contribution in [2.24, 2.45) is 11.8 Å². The van der Waals surface area contributed by atoms with Crippen LogP contribution >= 0.6 is 0 Å². The van der Waals surface area contributed by atoms with E-state index in [4.69, 9.17) is 9.47 Å². The summed E-state index contributed by atoms with van der Waals surface area (Å²) in [5.74, 6) is -0.986. The van der Waals surface area contributed by atoms with E-state index in [1.54, 1.807) is 0 Å². The van der Waals surface area contributed by atoms with Gasteiger partial charge < -0.3 is 9.47 Å². The smallest absolute Gasteiger partial charge is 0.309 e. The maximum Gasteiger partial charge on any atom is 0.309 e. The number of hydrogen-bond donors (Lipinski definition) is 0. The van der Waals surface area contributed by atoms with Gasteiger partial charge in [-0.05, 0) is 25.7 Å². The van der Waals surface area contributed by atoms with Crippen LogP contribution in [0.4, 0.5) is 0 Å². The van der Waals surface area contributed by atoms with E-state index in [0.29, 0.717) is 13.2 Å². The maximum atomic E-state index is 12.5. The molecule has 2 unspecified atom stereocenters. The Kier molecular flexibility index (Phi) is 15.9. The fourth-order valence-electron chi connectivity index (χ4n) is 4.17. The first-order valence-corrected chi connectivity index (χ1v) is 12.5. The second-order valence-corrected chi connectivity index (χ2v) is 8.72. The lowest BCUT2D eigenvalue weighted by molar-refractivity contribution is -0.163. The van der Waals surface area contributed by atoms with E-state index in [0.717, 1.165) is 51.4 Å². The summed E-state index contributed by atoms with van der Waals surface area (Å²) in [5, 5.41) is 0. The number of carbonyl (C=O) groups is 2. The molecule has 0 spiro atoms. The highest BCUT2D eigenvalue weighted by Crippen LogP contribution is 2.32. The second-order valence-electron chi connectivity index (χ2n) is 8.72. The molecule has 1 rings (SSSR count). The van der Waals surface area contributed by atoms with Crippen molar-refractivity contribution in [2.75, 3.05) is 13.2 Å². The Hall–Kier alpha value is -1.06. The van der Waals surface area contributed by atoms with Crippen LogP contribution in [0.2, 0.25) is 0 Å². The van der Waals surface area contributed by atoms with E-state index in [2.05, 4.69) is 13.8 Å². The van der Waals surface area contributed by atoms with Crippen molar-refractivity contribution in [2.45, 2.75) is 123 Å². The lowest BCUT2D eigenvalue weighted by Crippen LogP contribution is -2.35. The Morgan fingerprint density at radius 2 is 0.966 bits per heavy atom. The number of hydrogen-bond acceptors (Lipinski definition) is 4. The standard InChI is InChI=1S/C25H46O4/c1-3-5-7-8-9-10-11-12-13-14-17-21-29-25(27)23-19-16-15-18-22(23)24(26)28-20-6-4-2/h22-23H,3-21H2,1-2H3. The Labute approximate surface area is 179 Å². The van der Waals surface area contributed by atoms with Gasteiger partial charge in [0.25, 0.3) is 0 Å². The summed E-state index contributed by atoms with van der Waals surface area (Å²) in [5.41, 5.74) is 0. The average Bonchev–Trinajstić information content (AvgIpc) is 2.74. The van der Waals surface area contributed by atoms with Gasteiger partial charge in [-0.15, -0.1) is 0 Å². The first-order chi connectivity index (χ1) is 14.2. The Morgan fingerprint density at radius 3 is 1.41 bits per heavy atom. The molecule has 0 N–H and O–H groups in total. The first-order valence-electron chi connectivity index (χ1n) is 12.5. The van der Waals surface area contributed by atoms with E-state index in [1.807, 2.05) is 0 Å². The molecule has 170 valence electrons. The summed E-state index contributed by atoms with van der Waals surface area (Å²) in [4.78, 5) is 24.8. The van der Waals surface area contributed by atoms with Crippen molar-refractivity contribution >= 4 is 11.9 Å². The van der Waals surface area contributed by atoms with Gasteiger partial charge in [0.15, 0.2) is 0 Å². The zero-order valence-corrected chi connectivity index (χ0v) is 19.2. The summed E-state index contributed by atoms with van der Waals surface area (Å²) >= 11 is 0. The van der Waals surface area contributed by atoms with Crippen LogP contribution in [-0.2, 0) is 19.1 Å². The van der Waals surface area contributed by atoms with Crippen LogP contribution in [0.15, 0.2) is 0 Å². The van der Waals surface area contributed by atoms with E-state index >= 15 is 0 Å². The average molecular weight is 411 g/mol. The van der Waals surface area contributed by atoms with Crippen LogP contribution in [0.25, 0.3) is 0 Å². The van der Waals surface area contributed by atoms with Gasteiger partial charge in [0.05, 0.1) is 25.0 Å². The summed E-state index contributed by atoms with van der Waals surface area (Å²) in [7, 11) is 0. The lowest BCUT2D eigenvalue weighted by Gasteiger charge is -2.28. The number of unbranched alkanes of at least 4 members (excludes halogenated alkanes) is 11. The van der Waals surface area contributed by atoms with Crippen LogP contribution in [0.5, 0.6) is 0 Å². The third kappa shape index (κ3) is 12.3. The topological polar surface area (TPSA) is 52.6 Å². The van der Waals surface area contributed by atoms with Crippen molar-refractivity contribution in [1.29, 1.82) is 0 Å². The molecule has 29 heavy (non-hydrogen) atoms. The predicted octanol–water partition coefficient (Wildman–Crippen LogP) is 6.99. The van der Waals surface area contributed by atoms with Crippen LogP contribution in [-0.4, -0.2) is 25.2 Å². The van der Waals surface area contributed by atoms with E-state index < -0.39 is 0 Å². The molecule has 1 saturated carbocycles. The van der Waals surface area contributed by atoms with Crippen LogP contribution in [0.1, 0.15) is 123 Å². The number of ether oxygens (including phenoxy) is 2. The minimum absolute atomic E-state index is 0.186. The van der Waals surface area contributed by atoms with Crippen LogP contribution in [0.3, 0.4) is 0 Å². The monoisotopic (exact) mass is 410 g/mol. The Balaban J connectivity index is 2.09. The van der Waals surface area contributed by atoms with Gasteiger partial charge in [-0.2, -0.15) is 0 Å². The van der Waals surface area contributed by atoms with Crippen molar-refractivity contribution in [1.82, 2.24) is 0 Å². The zero-order valence-electron chi connectivity index (χ0n) is 19.2. The van der Waals surface area contributed by atoms with Gasteiger partial charge in [-0.3, -0.25) is 9.59 Å². The molecule has 0 amide bonds. The van der Waals surface area contributed by atoms with Gasteiger partial charge in [0.1, 0.15) is 0 Å². The molecule has 1 aliphatic carbocycles. The zero-order chi connectivity index (χ0) is 21.2. The largest absolute Gasteiger partial charge is 0.465 e. The Morgan fingerprint density at radius 1 is 0.586 bits per heavy atom. The third-order valence-corrected chi connectivity index (χ3v) is 6.11. The molecule has 0 aromatic heterocycles. The van der Waals surface area contributed by atoms with Gasteiger partial charge in [-0.25, -0.2) is 0 Å². The molecule has 4 heteroatoms. The van der Waals surface area contributed by atoms with Crippen molar-refractivity contribution in [3.05, 3.63) is 0 Å². The van der Waals surface area contributed by atoms with Crippen LogP contribution < -0.4 is 0 Å². The summed E-state index contributed by atoms with van der Waals surface area (Å²) in [6.45, 7) is 5.28. The van der Waals surface area contributed by atoms with E-state index in [9.17, 15) is 9.59 Å². The Bertz CT molecular complexity index is 421. The number of rotatable bonds is 17. The summed E-state index contributed by atoms with van der Waals surface area (Å²) in [6, 6.07) is 0. The summed E-state index contributed by atoms with van der Waals surface area (Å²) < 4.78 is 10.9. The molecule has 0 saturated heterocycles. The molecule has 0 radical (unpaired) electrons. The fraction of sp³-hybridized carbons (Fsp3) is 0.920. The molecule has 0 aromatic rings. The molecule has 0 bridgehead atoms. The second kappa shape index (κ2) is 17.8. The number of carbonyl (C=O) groups excluding carboxylic acids is 2. The molecule has 2 atom stereocenters. The molecule has 1 fully saturated rings. The molecule has 1 aliphatic rings. The van der Waals surface area contributed by atoms with Crippen molar-refractivity contribution in [3.63, 3.8) is 0 Å². The van der Waals surface area contributed by atoms with Crippen molar-refractivity contribution < 1.29 is 19.1 Å². The normalized spacial score (nSPS) is 19.1. The molecule has 0 aliphatic heterocycles. The highest BCUT2D eigenvalue weighted by atomic mass is 16.5. The van der Waals surface area contributed by atoms with Crippen molar-refractivity contribution in [3.8, 4) is 0 Å². The highest BCUT2D eigenvalue weighted by Gasteiger charge is 2.37. The molecular weight excluding hydrogens is 364 g/mol. The summed E-state index contributed by atoms with van der Waals surface area (Å²) in [6.07, 6.45) is 19.5. The van der Waals surface area contributed by atoms with E-state index in [1.165, 1.54) is 57.8 Å². The van der Waals surface area contributed by atoms with E-state index in [-0.39, 0.29) is 23.8 Å². The molecule has 0 aromatic carbocycles. The molecule has 4 nitrogen and oxygen atoms in total. The van der Waals surface area contributed by atoms with Gasteiger partial charge in [-0.1, -0.05) is 97.3 Å².